The molecule has 0 aliphatic heterocycles. The highest BCUT2D eigenvalue weighted by molar-refractivity contribution is 5.88. The SMILES string of the molecule is CC(C)C(=O)C(C)(C)OC(C)(C)C. The molecule has 2 nitrogen and oxygen atoms in total. The molecule has 0 aromatic rings. The fourth-order valence-electron chi connectivity index (χ4n) is 1.51. The van der Waals surface area contributed by atoms with Crippen molar-refractivity contribution in [2.45, 2.75) is 59.7 Å². The first-order chi connectivity index (χ1) is 5.56. The summed E-state index contributed by atoms with van der Waals surface area (Å²) in [6, 6.07) is 0. The Morgan fingerprint density at radius 1 is 1.08 bits per heavy atom. The molecule has 0 N–H and O–H groups in total. The molecule has 0 aliphatic rings. The van der Waals surface area contributed by atoms with E-state index in [4.69, 9.17) is 4.74 Å². The lowest BCUT2D eigenvalue weighted by Crippen LogP contribution is -2.43. The summed E-state index contributed by atoms with van der Waals surface area (Å²) >= 11 is 0. The molecule has 0 spiro atoms. The zero-order chi connectivity index (χ0) is 10.9. The Bertz CT molecular complexity index is 185. The predicted molar refractivity (Wildman–Crippen MR) is 54.8 cm³/mol. The van der Waals surface area contributed by atoms with Gasteiger partial charge in [-0.05, 0) is 34.6 Å². The maximum absolute atomic E-state index is 11.7. The lowest BCUT2D eigenvalue weighted by atomic mass is 9.93. The lowest BCUT2D eigenvalue weighted by molar-refractivity contribution is -0.160. The van der Waals surface area contributed by atoms with Gasteiger partial charge in [-0.25, -0.2) is 0 Å². The van der Waals surface area contributed by atoms with Gasteiger partial charge in [-0.3, -0.25) is 4.79 Å². The van der Waals surface area contributed by atoms with Crippen LogP contribution in [-0.4, -0.2) is 17.0 Å². The molecule has 2 heteroatoms. The van der Waals surface area contributed by atoms with Gasteiger partial charge in [0, 0.05) is 5.92 Å². The van der Waals surface area contributed by atoms with Crippen molar-refractivity contribution in [2.75, 3.05) is 0 Å². The van der Waals surface area contributed by atoms with E-state index in [1.165, 1.54) is 0 Å². The minimum atomic E-state index is -0.674. The van der Waals surface area contributed by atoms with Crippen LogP contribution in [0.15, 0.2) is 0 Å². The quantitative estimate of drug-likeness (QED) is 0.677. The van der Waals surface area contributed by atoms with Crippen molar-refractivity contribution in [3.63, 3.8) is 0 Å². The lowest BCUT2D eigenvalue weighted by Gasteiger charge is -2.33. The monoisotopic (exact) mass is 186 g/mol. The molecule has 0 heterocycles. The average Bonchev–Trinajstić information content (AvgIpc) is 1.80. The molecule has 0 amide bonds. The second-order valence-corrected chi connectivity index (χ2v) is 5.24. The summed E-state index contributed by atoms with van der Waals surface area (Å²) in [5, 5.41) is 0. The highest BCUT2D eigenvalue weighted by Gasteiger charge is 2.34. The number of carbonyl (C=O) groups excluding carboxylic acids is 1. The van der Waals surface area contributed by atoms with E-state index in [9.17, 15) is 4.79 Å². The molecule has 0 bridgehead atoms. The summed E-state index contributed by atoms with van der Waals surface area (Å²) in [6.45, 7) is 13.3. The van der Waals surface area contributed by atoms with Crippen LogP contribution in [0.5, 0.6) is 0 Å². The van der Waals surface area contributed by atoms with Crippen molar-refractivity contribution in [3.05, 3.63) is 0 Å². The molecule has 0 rings (SSSR count). The van der Waals surface area contributed by atoms with Gasteiger partial charge in [0.2, 0.25) is 0 Å². The van der Waals surface area contributed by atoms with E-state index in [2.05, 4.69) is 0 Å². The molecule has 0 radical (unpaired) electrons. The summed E-state index contributed by atoms with van der Waals surface area (Å²) < 4.78 is 5.70. The van der Waals surface area contributed by atoms with Gasteiger partial charge in [-0.2, -0.15) is 0 Å². The Hall–Kier alpha value is -0.370. The van der Waals surface area contributed by atoms with Crippen molar-refractivity contribution < 1.29 is 9.53 Å². The predicted octanol–water partition coefficient (Wildman–Crippen LogP) is 2.81. The molecule has 0 fully saturated rings. The Kier molecular flexibility index (Phi) is 3.68. The van der Waals surface area contributed by atoms with Gasteiger partial charge in [-0.15, -0.1) is 0 Å². The third-order valence-electron chi connectivity index (χ3n) is 1.68. The Labute approximate surface area is 81.7 Å². The summed E-state index contributed by atoms with van der Waals surface area (Å²) in [5.41, 5.74) is -0.944. The first-order valence-corrected chi connectivity index (χ1v) is 4.81. The van der Waals surface area contributed by atoms with Gasteiger partial charge in [0.15, 0.2) is 5.78 Å². The molecule has 0 unspecified atom stereocenters. The second-order valence-electron chi connectivity index (χ2n) is 5.24. The summed E-state index contributed by atoms with van der Waals surface area (Å²) in [4.78, 5) is 11.7. The number of hydrogen-bond donors (Lipinski definition) is 0. The smallest absolute Gasteiger partial charge is 0.166 e. The summed E-state index contributed by atoms with van der Waals surface area (Å²) in [7, 11) is 0. The zero-order valence-electron chi connectivity index (χ0n) is 9.89. The maximum Gasteiger partial charge on any atom is 0.166 e. The van der Waals surface area contributed by atoms with Crippen molar-refractivity contribution in [1.29, 1.82) is 0 Å². The first-order valence-electron chi connectivity index (χ1n) is 4.81. The van der Waals surface area contributed by atoms with Gasteiger partial charge in [0.1, 0.15) is 5.60 Å². The van der Waals surface area contributed by atoms with Gasteiger partial charge < -0.3 is 4.74 Å². The number of hydrogen-bond acceptors (Lipinski definition) is 2. The molecule has 0 aromatic carbocycles. The number of ketones is 1. The number of Topliss-reactive ketones (excluding diaryl/α,β-unsaturated/α-hetero) is 1. The molecular formula is C11H22O2. The Balaban J connectivity index is 4.49. The zero-order valence-corrected chi connectivity index (χ0v) is 9.89. The van der Waals surface area contributed by atoms with E-state index >= 15 is 0 Å². The number of ether oxygens (including phenoxy) is 1. The van der Waals surface area contributed by atoms with Crippen molar-refractivity contribution in [1.82, 2.24) is 0 Å². The van der Waals surface area contributed by atoms with Crippen LogP contribution in [-0.2, 0) is 9.53 Å². The maximum atomic E-state index is 11.7. The summed E-state index contributed by atoms with van der Waals surface area (Å²) in [6.07, 6.45) is 0. The van der Waals surface area contributed by atoms with Gasteiger partial charge >= 0.3 is 0 Å². The van der Waals surface area contributed by atoms with Gasteiger partial charge in [-0.1, -0.05) is 13.8 Å². The second kappa shape index (κ2) is 3.79. The molecule has 0 atom stereocenters. The van der Waals surface area contributed by atoms with Crippen LogP contribution in [0, 0.1) is 5.92 Å². The molecule has 0 saturated carbocycles. The normalized spacial score (nSPS) is 13.5. The molecule has 78 valence electrons. The van der Waals surface area contributed by atoms with Crippen LogP contribution < -0.4 is 0 Å². The molecule has 0 saturated heterocycles. The third-order valence-corrected chi connectivity index (χ3v) is 1.68. The van der Waals surface area contributed by atoms with Crippen LogP contribution >= 0.6 is 0 Å². The molecule has 0 aromatic heterocycles. The van der Waals surface area contributed by atoms with E-state index in [0.29, 0.717) is 0 Å². The van der Waals surface area contributed by atoms with Crippen LogP contribution in [0.1, 0.15) is 48.5 Å². The molecule has 0 aliphatic carbocycles. The van der Waals surface area contributed by atoms with Crippen LogP contribution in [0.3, 0.4) is 0 Å². The van der Waals surface area contributed by atoms with E-state index < -0.39 is 5.60 Å². The fourth-order valence-corrected chi connectivity index (χ4v) is 1.51. The largest absolute Gasteiger partial charge is 0.362 e. The summed E-state index contributed by atoms with van der Waals surface area (Å²) in [5.74, 6) is 0.180. The molecular weight excluding hydrogens is 164 g/mol. The topological polar surface area (TPSA) is 26.3 Å². The van der Waals surface area contributed by atoms with Crippen molar-refractivity contribution in [3.8, 4) is 0 Å². The van der Waals surface area contributed by atoms with Gasteiger partial charge in [0.25, 0.3) is 0 Å². The van der Waals surface area contributed by atoms with E-state index in [0.717, 1.165) is 0 Å². The van der Waals surface area contributed by atoms with E-state index in [1.54, 1.807) is 0 Å². The minimum absolute atomic E-state index is 0.0253. The standard InChI is InChI=1S/C11H22O2/c1-8(2)9(12)11(6,7)13-10(3,4)5/h8H,1-7H3. The van der Waals surface area contributed by atoms with Crippen LogP contribution in [0.4, 0.5) is 0 Å². The highest BCUT2D eigenvalue weighted by atomic mass is 16.5. The average molecular weight is 186 g/mol. The Morgan fingerprint density at radius 3 is 1.69 bits per heavy atom. The van der Waals surface area contributed by atoms with E-state index in [1.807, 2.05) is 48.5 Å². The van der Waals surface area contributed by atoms with Crippen LogP contribution in [0.25, 0.3) is 0 Å². The third kappa shape index (κ3) is 4.41. The van der Waals surface area contributed by atoms with Crippen LogP contribution in [0.2, 0.25) is 0 Å². The Morgan fingerprint density at radius 2 is 1.46 bits per heavy atom. The number of rotatable bonds is 3. The van der Waals surface area contributed by atoms with Gasteiger partial charge in [0.05, 0.1) is 5.60 Å². The van der Waals surface area contributed by atoms with E-state index in [-0.39, 0.29) is 17.3 Å². The highest BCUT2D eigenvalue weighted by Crippen LogP contribution is 2.23. The number of carbonyl (C=O) groups is 1. The van der Waals surface area contributed by atoms with Crippen molar-refractivity contribution in [2.24, 2.45) is 5.92 Å². The minimum Gasteiger partial charge on any atom is -0.362 e. The fraction of sp³-hybridized carbons (Fsp3) is 0.909. The van der Waals surface area contributed by atoms with Crippen molar-refractivity contribution >= 4 is 5.78 Å². The molecule has 13 heavy (non-hydrogen) atoms. The first kappa shape index (κ1) is 12.6.